The summed E-state index contributed by atoms with van der Waals surface area (Å²) in [5.74, 6) is 1.56. The van der Waals surface area contributed by atoms with Crippen molar-refractivity contribution in [3.8, 4) is 0 Å². The molecule has 4 nitrogen and oxygen atoms in total. The lowest BCUT2D eigenvalue weighted by Gasteiger charge is -2.30. The SMILES string of the molecule is CC1CC(n2c(C(C)C)nc3cc(N)ccc32)CCO1. The van der Waals surface area contributed by atoms with Crippen LogP contribution in [-0.4, -0.2) is 22.3 Å². The van der Waals surface area contributed by atoms with E-state index < -0.39 is 0 Å². The number of benzene rings is 1. The molecule has 1 fully saturated rings. The largest absolute Gasteiger partial charge is 0.399 e. The molecule has 0 aliphatic carbocycles. The van der Waals surface area contributed by atoms with Crippen molar-refractivity contribution in [2.45, 2.75) is 51.7 Å². The number of nitrogens with zero attached hydrogens (tertiary/aromatic N) is 2. The molecule has 20 heavy (non-hydrogen) atoms. The fraction of sp³-hybridized carbons (Fsp3) is 0.562. The lowest BCUT2D eigenvalue weighted by Crippen LogP contribution is -2.26. The molecule has 0 saturated carbocycles. The Labute approximate surface area is 119 Å². The summed E-state index contributed by atoms with van der Waals surface area (Å²) in [5.41, 5.74) is 8.87. The second kappa shape index (κ2) is 5.09. The summed E-state index contributed by atoms with van der Waals surface area (Å²) < 4.78 is 8.10. The highest BCUT2D eigenvalue weighted by atomic mass is 16.5. The number of fused-ring (bicyclic) bond motifs is 1. The minimum absolute atomic E-state index is 0.319. The average Bonchev–Trinajstić information content (AvgIpc) is 2.77. The summed E-state index contributed by atoms with van der Waals surface area (Å²) in [4.78, 5) is 4.82. The van der Waals surface area contributed by atoms with Crippen molar-refractivity contribution in [1.29, 1.82) is 0 Å². The predicted molar refractivity (Wildman–Crippen MR) is 81.9 cm³/mol. The molecule has 2 atom stereocenters. The topological polar surface area (TPSA) is 53.1 Å². The van der Waals surface area contributed by atoms with Crippen LogP contribution in [0.4, 0.5) is 5.69 Å². The zero-order valence-electron chi connectivity index (χ0n) is 12.5. The highest BCUT2D eigenvalue weighted by Crippen LogP contribution is 2.33. The minimum Gasteiger partial charge on any atom is -0.399 e. The molecule has 2 unspecified atom stereocenters. The smallest absolute Gasteiger partial charge is 0.112 e. The maximum atomic E-state index is 5.89. The van der Waals surface area contributed by atoms with Gasteiger partial charge in [-0.1, -0.05) is 13.8 Å². The third-order valence-corrected chi connectivity index (χ3v) is 4.08. The normalized spacial score (nSPS) is 23.6. The average molecular weight is 273 g/mol. The standard InChI is InChI=1S/C16H23N3O/c1-10(2)16-18-14-9-12(17)4-5-15(14)19(16)13-6-7-20-11(3)8-13/h4-5,9-11,13H,6-8,17H2,1-3H3. The van der Waals surface area contributed by atoms with E-state index in [0.717, 1.165) is 36.5 Å². The summed E-state index contributed by atoms with van der Waals surface area (Å²) >= 11 is 0. The number of nitrogen functional groups attached to an aromatic ring is 1. The van der Waals surface area contributed by atoms with Crippen LogP contribution in [-0.2, 0) is 4.74 Å². The highest BCUT2D eigenvalue weighted by Gasteiger charge is 2.25. The summed E-state index contributed by atoms with van der Waals surface area (Å²) in [7, 11) is 0. The Morgan fingerprint density at radius 2 is 2.20 bits per heavy atom. The monoisotopic (exact) mass is 273 g/mol. The quantitative estimate of drug-likeness (QED) is 0.852. The number of rotatable bonds is 2. The molecule has 1 aliphatic rings. The molecular formula is C16H23N3O. The number of hydrogen-bond acceptors (Lipinski definition) is 3. The lowest BCUT2D eigenvalue weighted by atomic mass is 10.0. The molecule has 0 radical (unpaired) electrons. The number of aromatic nitrogens is 2. The van der Waals surface area contributed by atoms with Gasteiger partial charge in [0.1, 0.15) is 5.82 Å². The second-order valence-electron chi connectivity index (χ2n) is 6.10. The first kappa shape index (κ1) is 13.4. The van der Waals surface area contributed by atoms with Gasteiger partial charge in [0.15, 0.2) is 0 Å². The minimum atomic E-state index is 0.319. The van der Waals surface area contributed by atoms with Crippen molar-refractivity contribution >= 4 is 16.7 Å². The van der Waals surface area contributed by atoms with E-state index in [9.17, 15) is 0 Å². The van der Waals surface area contributed by atoms with Crippen molar-refractivity contribution in [2.24, 2.45) is 0 Å². The summed E-state index contributed by atoms with van der Waals surface area (Å²) in [5, 5.41) is 0. The van der Waals surface area contributed by atoms with E-state index in [1.54, 1.807) is 0 Å². The van der Waals surface area contributed by atoms with Crippen LogP contribution >= 0.6 is 0 Å². The van der Waals surface area contributed by atoms with Gasteiger partial charge < -0.3 is 15.0 Å². The van der Waals surface area contributed by atoms with E-state index in [2.05, 4.69) is 31.4 Å². The van der Waals surface area contributed by atoms with Gasteiger partial charge in [0, 0.05) is 24.3 Å². The molecule has 4 heteroatoms. The summed E-state index contributed by atoms with van der Waals surface area (Å²) in [6, 6.07) is 6.52. The Kier molecular flexibility index (Phi) is 3.42. The van der Waals surface area contributed by atoms with Gasteiger partial charge in [-0.2, -0.15) is 0 Å². The fourth-order valence-electron chi connectivity index (χ4n) is 3.13. The molecule has 0 spiro atoms. The molecule has 2 N–H and O–H groups in total. The Balaban J connectivity index is 2.13. The van der Waals surface area contributed by atoms with Crippen molar-refractivity contribution in [3.63, 3.8) is 0 Å². The summed E-state index contributed by atoms with van der Waals surface area (Å²) in [6.07, 6.45) is 2.43. The number of hydrogen-bond donors (Lipinski definition) is 1. The molecule has 1 aromatic heterocycles. The van der Waals surface area contributed by atoms with Crippen LogP contribution in [0.1, 0.15) is 51.4 Å². The van der Waals surface area contributed by atoms with E-state index in [1.165, 1.54) is 5.52 Å². The zero-order valence-corrected chi connectivity index (χ0v) is 12.5. The molecule has 3 rings (SSSR count). The first-order chi connectivity index (χ1) is 9.56. The third-order valence-electron chi connectivity index (χ3n) is 4.08. The van der Waals surface area contributed by atoms with E-state index >= 15 is 0 Å². The first-order valence-electron chi connectivity index (χ1n) is 7.45. The predicted octanol–water partition coefficient (Wildman–Crippen LogP) is 3.48. The lowest BCUT2D eigenvalue weighted by molar-refractivity contribution is 0.00610. The molecule has 2 aromatic rings. The molecule has 108 valence electrons. The number of ether oxygens (including phenoxy) is 1. The fourth-order valence-corrected chi connectivity index (χ4v) is 3.13. The molecule has 0 amide bonds. The van der Waals surface area contributed by atoms with Crippen LogP contribution in [0.2, 0.25) is 0 Å². The van der Waals surface area contributed by atoms with Crippen LogP contribution in [0.3, 0.4) is 0 Å². The van der Waals surface area contributed by atoms with Gasteiger partial charge >= 0.3 is 0 Å². The molecule has 1 saturated heterocycles. The van der Waals surface area contributed by atoms with Crippen molar-refractivity contribution in [1.82, 2.24) is 9.55 Å². The maximum Gasteiger partial charge on any atom is 0.112 e. The molecule has 2 heterocycles. The van der Waals surface area contributed by atoms with Gasteiger partial charge in [0.25, 0.3) is 0 Å². The zero-order chi connectivity index (χ0) is 14.3. The van der Waals surface area contributed by atoms with Gasteiger partial charge in [0.05, 0.1) is 17.1 Å². The molecule has 1 aromatic carbocycles. The number of imidazole rings is 1. The number of nitrogens with two attached hydrogens (primary N) is 1. The second-order valence-corrected chi connectivity index (χ2v) is 6.10. The molecule has 0 bridgehead atoms. The van der Waals surface area contributed by atoms with E-state index in [4.69, 9.17) is 15.5 Å². The Morgan fingerprint density at radius 1 is 1.40 bits per heavy atom. The van der Waals surface area contributed by atoms with Gasteiger partial charge in [-0.25, -0.2) is 4.98 Å². The van der Waals surface area contributed by atoms with Gasteiger partial charge in [-0.05, 0) is 38.0 Å². The Morgan fingerprint density at radius 3 is 2.90 bits per heavy atom. The van der Waals surface area contributed by atoms with Crippen molar-refractivity contribution in [2.75, 3.05) is 12.3 Å². The molecular weight excluding hydrogens is 250 g/mol. The van der Waals surface area contributed by atoms with Crippen molar-refractivity contribution in [3.05, 3.63) is 24.0 Å². The first-order valence-corrected chi connectivity index (χ1v) is 7.45. The third kappa shape index (κ3) is 2.29. The summed E-state index contributed by atoms with van der Waals surface area (Å²) in [6.45, 7) is 7.38. The van der Waals surface area contributed by atoms with Crippen molar-refractivity contribution < 1.29 is 4.74 Å². The highest BCUT2D eigenvalue weighted by molar-refractivity contribution is 5.80. The van der Waals surface area contributed by atoms with Crippen LogP contribution in [0.25, 0.3) is 11.0 Å². The van der Waals surface area contributed by atoms with Crippen LogP contribution < -0.4 is 5.73 Å². The van der Waals surface area contributed by atoms with Gasteiger partial charge in [-0.15, -0.1) is 0 Å². The van der Waals surface area contributed by atoms with E-state index in [0.29, 0.717) is 18.1 Å². The van der Waals surface area contributed by atoms with Gasteiger partial charge in [0.2, 0.25) is 0 Å². The van der Waals surface area contributed by atoms with E-state index in [1.807, 2.05) is 12.1 Å². The van der Waals surface area contributed by atoms with Gasteiger partial charge in [-0.3, -0.25) is 0 Å². The Bertz CT molecular complexity index is 617. The Hall–Kier alpha value is -1.55. The van der Waals surface area contributed by atoms with E-state index in [-0.39, 0.29) is 0 Å². The van der Waals surface area contributed by atoms with Crippen LogP contribution in [0, 0.1) is 0 Å². The van der Waals surface area contributed by atoms with Crippen LogP contribution in [0.15, 0.2) is 18.2 Å². The number of anilines is 1. The van der Waals surface area contributed by atoms with Crippen LogP contribution in [0.5, 0.6) is 0 Å². The maximum absolute atomic E-state index is 5.89. The molecule has 1 aliphatic heterocycles.